The molecule has 2 heterocycles. The first-order chi connectivity index (χ1) is 11.9. The number of aryl methyl sites for hydroxylation is 1. The Hall–Kier alpha value is -2.56. The van der Waals surface area contributed by atoms with Crippen LogP contribution in [0.25, 0.3) is 0 Å². The first-order valence-corrected chi connectivity index (χ1v) is 8.76. The summed E-state index contributed by atoms with van der Waals surface area (Å²) in [4.78, 5) is 26.3. The largest absolute Gasteiger partial charge is 0.349 e. The quantitative estimate of drug-likeness (QED) is 0.933. The number of carbonyl (C=O) groups excluding carboxylic acids is 2. The third-order valence-electron chi connectivity index (χ3n) is 4.98. The topological polar surface area (TPSA) is 54.3 Å². The highest BCUT2D eigenvalue weighted by molar-refractivity contribution is 5.96. The first-order valence-electron chi connectivity index (χ1n) is 8.76. The fraction of sp³-hybridized carbons (Fsp3) is 0.400. The summed E-state index contributed by atoms with van der Waals surface area (Å²) in [6.07, 6.45) is 0.754. The van der Waals surface area contributed by atoms with Crippen LogP contribution in [-0.2, 0) is 24.3 Å². The number of nitrogens with zero attached hydrogens (tertiary/aromatic N) is 2. The molecule has 0 saturated heterocycles. The number of hydrogen-bond donors (Lipinski definition) is 1. The molecule has 1 aliphatic rings. The van der Waals surface area contributed by atoms with Crippen molar-refractivity contribution in [2.45, 2.75) is 47.2 Å². The van der Waals surface area contributed by atoms with Crippen LogP contribution in [0.3, 0.4) is 0 Å². The fourth-order valence-electron chi connectivity index (χ4n) is 3.76. The number of rotatable bonds is 3. The van der Waals surface area contributed by atoms with E-state index < -0.39 is 0 Å². The Balaban J connectivity index is 1.86. The van der Waals surface area contributed by atoms with Gasteiger partial charge in [-0.05, 0) is 50.5 Å². The van der Waals surface area contributed by atoms with E-state index in [4.69, 9.17) is 0 Å². The molecular weight excluding hydrogens is 314 g/mol. The van der Waals surface area contributed by atoms with Crippen LogP contribution in [-0.4, -0.2) is 27.8 Å². The van der Waals surface area contributed by atoms with E-state index in [-0.39, 0.29) is 11.8 Å². The van der Waals surface area contributed by atoms with E-state index >= 15 is 0 Å². The highest BCUT2D eigenvalue weighted by Crippen LogP contribution is 2.28. The Labute approximate surface area is 148 Å². The number of aromatic nitrogens is 1. The molecule has 5 heteroatoms. The van der Waals surface area contributed by atoms with Crippen LogP contribution in [0, 0.1) is 13.8 Å². The summed E-state index contributed by atoms with van der Waals surface area (Å²) in [6, 6.07) is 7.88. The molecule has 0 unspecified atom stereocenters. The number of benzene rings is 1. The standard InChI is InChI=1S/C20H25N3O2/c1-5-23-13(2)11-18(14(23)3)20(25)22-10-9-17-16(12-22)7-6-8-19(17)21-15(4)24/h6-8,11H,5,9-10,12H2,1-4H3,(H,21,24). The molecule has 3 rings (SSSR count). The minimum Gasteiger partial charge on any atom is -0.349 e. The molecule has 0 fully saturated rings. The molecule has 132 valence electrons. The van der Waals surface area contributed by atoms with Crippen LogP contribution >= 0.6 is 0 Å². The van der Waals surface area contributed by atoms with E-state index in [0.717, 1.165) is 46.7 Å². The molecule has 25 heavy (non-hydrogen) atoms. The van der Waals surface area contributed by atoms with E-state index in [2.05, 4.69) is 16.8 Å². The summed E-state index contributed by atoms with van der Waals surface area (Å²) < 4.78 is 2.17. The van der Waals surface area contributed by atoms with Crippen molar-refractivity contribution < 1.29 is 9.59 Å². The van der Waals surface area contributed by atoms with Crippen molar-refractivity contribution in [1.82, 2.24) is 9.47 Å². The van der Waals surface area contributed by atoms with Crippen molar-refractivity contribution in [3.63, 3.8) is 0 Å². The van der Waals surface area contributed by atoms with Gasteiger partial charge in [-0.2, -0.15) is 0 Å². The zero-order chi connectivity index (χ0) is 18.1. The van der Waals surface area contributed by atoms with Gasteiger partial charge >= 0.3 is 0 Å². The van der Waals surface area contributed by atoms with Crippen molar-refractivity contribution >= 4 is 17.5 Å². The highest BCUT2D eigenvalue weighted by Gasteiger charge is 2.26. The second-order valence-electron chi connectivity index (χ2n) is 6.63. The maximum absolute atomic E-state index is 13.0. The fourth-order valence-corrected chi connectivity index (χ4v) is 3.76. The number of hydrogen-bond acceptors (Lipinski definition) is 2. The summed E-state index contributed by atoms with van der Waals surface area (Å²) in [5.41, 5.74) is 6.05. The zero-order valence-corrected chi connectivity index (χ0v) is 15.3. The lowest BCUT2D eigenvalue weighted by atomic mass is 9.97. The molecule has 5 nitrogen and oxygen atoms in total. The molecule has 1 aromatic heterocycles. The van der Waals surface area contributed by atoms with Gasteiger partial charge in [0, 0.05) is 43.6 Å². The number of fused-ring (bicyclic) bond motifs is 1. The molecule has 1 aromatic carbocycles. The summed E-state index contributed by atoms with van der Waals surface area (Å²) in [5.74, 6) is 0.0160. The van der Waals surface area contributed by atoms with Gasteiger partial charge in [-0.15, -0.1) is 0 Å². The van der Waals surface area contributed by atoms with E-state index in [1.54, 1.807) is 0 Å². The molecule has 0 atom stereocenters. The Morgan fingerprint density at radius 3 is 2.64 bits per heavy atom. The number of nitrogens with one attached hydrogen (secondary N) is 1. The van der Waals surface area contributed by atoms with Gasteiger partial charge in [-0.25, -0.2) is 0 Å². The molecule has 0 saturated carbocycles. The van der Waals surface area contributed by atoms with Crippen molar-refractivity contribution in [3.8, 4) is 0 Å². The zero-order valence-electron chi connectivity index (χ0n) is 15.3. The number of anilines is 1. The van der Waals surface area contributed by atoms with E-state index in [1.165, 1.54) is 6.92 Å². The van der Waals surface area contributed by atoms with Crippen LogP contribution < -0.4 is 5.32 Å². The molecule has 0 bridgehead atoms. The Morgan fingerprint density at radius 1 is 1.24 bits per heavy atom. The van der Waals surface area contributed by atoms with Gasteiger partial charge in [0.15, 0.2) is 0 Å². The molecule has 2 aromatic rings. The van der Waals surface area contributed by atoms with Crippen molar-refractivity contribution in [1.29, 1.82) is 0 Å². The summed E-state index contributed by atoms with van der Waals surface area (Å²) >= 11 is 0. The molecule has 0 spiro atoms. The maximum Gasteiger partial charge on any atom is 0.255 e. The summed E-state index contributed by atoms with van der Waals surface area (Å²) in [7, 11) is 0. The van der Waals surface area contributed by atoms with Crippen LogP contribution in [0.1, 0.15) is 46.7 Å². The summed E-state index contributed by atoms with van der Waals surface area (Å²) in [5, 5.41) is 2.89. The van der Waals surface area contributed by atoms with Crippen LogP contribution in [0.15, 0.2) is 24.3 Å². The summed E-state index contributed by atoms with van der Waals surface area (Å²) in [6.45, 7) is 9.77. The van der Waals surface area contributed by atoms with Gasteiger partial charge in [0.2, 0.25) is 5.91 Å². The van der Waals surface area contributed by atoms with Crippen LogP contribution in [0.5, 0.6) is 0 Å². The predicted molar refractivity (Wildman–Crippen MR) is 98.8 cm³/mol. The lowest BCUT2D eigenvalue weighted by Gasteiger charge is -2.30. The molecule has 2 amide bonds. The van der Waals surface area contributed by atoms with Crippen molar-refractivity contribution in [2.75, 3.05) is 11.9 Å². The number of amides is 2. The van der Waals surface area contributed by atoms with Crippen molar-refractivity contribution in [3.05, 3.63) is 52.3 Å². The second kappa shape index (κ2) is 6.75. The van der Waals surface area contributed by atoms with Gasteiger partial charge in [0.1, 0.15) is 0 Å². The van der Waals surface area contributed by atoms with E-state index in [1.807, 2.05) is 43.0 Å². The maximum atomic E-state index is 13.0. The highest BCUT2D eigenvalue weighted by atomic mass is 16.2. The lowest BCUT2D eigenvalue weighted by molar-refractivity contribution is -0.114. The lowest BCUT2D eigenvalue weighted by Crippen LogP contribution is -2.36. The molecule has 0 aliphatic carbocycles. The van der Waals surface area contributed by atoms with E-state index in [9.17, 15) is 9.59 Å². The normalized spacial score (nSPS) is 13.5. The monoisotopic (exact) mass is 339 g/mol. The SMILES string of the molecule is CCn1c(C)cc(C(=O)N2CCc3c(cccc3NC(C)=O)C2)c1C. The third kappa shape index (κ3) is 3.18. The predicted octanol–water partition coefficient (Wildman–Crippen LogP) is 3.28. The molecular formula is C20H25N3O2. The second-order valence-corrected chi connectivity index (χ2v) is 6.63. The van der Waals surface area contributed by atoms with E-state index in [0.29, 0.717) is 13.1 Å². The molecule has 1 N–H and O–H groups in total. The van der Waals surface area contributed by atoms with Crippen molar-refractivity contribution in [2.24, 2.45) is 0 Å². The van der Waals surface area contributed by atoms with Crippen LogP contribution in [0.4, 0.5) is 5.69 Å². The first kappa shape index (κ1) is 17.3. The number of carbonyl (C=O) groups is 2. The smallest absolute Gasteiger partial charge is 0.255 e. The molecule has 0 radical (unpaired) electrons. The Morgan fingerprint density at radius 2 is 2.00 bits per heavy atom. The average molecular weight is 339 g/mol. The van der Waals surface area contributed by atoms with Gasteiger partial charge in [0.25, 0.3) is 5.91 Å². The Kier molecular flexibility index (Phi) is 4.66. The Bertz CT molecular complexity index is 836. The third-order valence-corrected chi connectivity index (χ3v) is 4.98. The van der Waals surface area contributed by atoms with Crippen LogP contribution in [0.2, 0.25) is 0 Å². The van der Waals surface area contributed by atoms with Gasteiger partial charge in [-0.1, -0.05) is 12.1 Å². The minimum absolute atomic E-state index is 0.0705. The molecule has 1 aliphatic heterocycles. The minimum atomic E-state index is -0.0705. The van der Waals surface area contributed by atoms with Gasteiger partial charge in [0.05, 0.1) is 5.56 Å². The average Bonchev–Trinajstić information content (AvgIpc) is 2.87. The van der Waals surface area contributed by atoms with Gasteiger partial charge in [-0.3, -0.25) is 9.59 Å². The van der Waals surface area contributed by atoms with Gasteiger partial charge < -0.3 is 14.8 Å².